The van der Waals surface area contributed by atoms with E-state index in [1.807, 2.05) is 30.3 Å². The quantitative estimate of drug-likeness (QED) is 0.884. The average Bonchev–Trinajstić information content (AvgIpc) is 2.99. The monoisotopic (exact) mass is 280 g/mol. The Morgan fingerprint density at radius 1 is 1.11 bits per heavy atom. The maximum Gasteiger partial charge on any atom is 0.214 e. The minimum absolute atomic E-state index is 0.226. The van der Waals surface area contributed by atoms with Crippen molar-refractivity contribution in [3.63, 3.8) is 0 Å². The Bertz CT molecular complexity index is 518. The molecular weight excluding hydrogens is 260 g/mol. The Kier molecular flexibility index (Phi) is 3.60. The van der Waals surface area contributed by atoms with E-state index < -0.39 is 10.0 Å². The van der Waals surface area contributed by atoms with Crippen LogP contribution in [0.15, 0.2) is 30.3 Å². The number of fused-ring (bicyclic) bond motifs is 1. The number of hydrogen-bond donors (Lipinski definition) is 1. The number of hydrogen-bond acceptors (Lipinski definition) is 3. The highest BCUT2D eigenvalue weighted by Crippen LogP contribution is 2.28. The van der Waals surface area contributed by atoms with Gasteiger partial charge in [-0.3, -0.25) is 0 Å². The van der Waals surface area contributed by atoms with E-state index >= 15 is 0 Å². The number of benzene rings is 1. The number of rotatable bonds is 4. The van der Waals surface area contributed by atoms with Crippen molar-refractivity contribution in [2.45, 2.75) is 6.42 Å². The highest BCUT2D eigenvalue weighted by Gasteiger charge is 2.40. The molecule has 0 amide bonds. The molecule has 104 valence electrons. The highest BCUT2D eigenvalue weighted by atomic mass is 32.2. The number of nitrogens with one attached hydrogen (secondary N) is 1. The summed E-state index contributed by atoms with van der Waals surface area (Å²) in [6, 6.07) is 9.82. The van der Waals surface area contributed by atoms with Gasteiger partial charge >= 0.3 is 0 Å². The van der Waals surface area contributed by atoms with Crippen molar-refractivity contribution >= 4 is 10.0 Å². The molecule has 0 aliphatic carbocycles. The molecule has 2 fully saturated rings. The zero-order chi connectivity index (χ0) is 13.3. The summed E-state index contributed by atoms with van der Waals surface area (Å²) in [7, 11) is -3.09. The molecular formula is C14H20N2O2S. The van der Waals surface area contributed by atoms with Crippen LogP contribution < -0.4 is 5.32 Å². The van der Waals surface area contributed by atoms with Gasteiger partial charge in [-0.25, -0.2) is 12.7 Å². The van der Waals surface area contributed by atoms with Gasteiger partial charge in [0.2, 0.25) is 10.0 Å². The van der Waals surface area contributed by atoms with E-state index in [0.717, 1.165) is 18.7 Å². The fourth-order valence-corrected chi connectivity index (χ4v) is 4.65. The van der Waals surface area contributed by atoms with Gasteiger partial charge in [-0.15, -0.1) is 0 Å². The average molecular weight is 280 g/mol. The van der Waals surface area contributed by atoms with Gasteiger partial charge in [-0.05, 0) is 36.9 Å². The standard InChI is InChI=1S/C14H20N2O2S/c17-19(18,7-6-12-4-2-1-3-5-12)16-10-13-8-15-9-14(13)11-16/h1-5,13-15H,6-11H2. The van der Waals surface area contributed by atoms with E-state index in [2.05, 4.69) is 5.32 Å². The number of aryl methyl sites for hydroxylation is 1. The maximum absolute atomic E-state index is 12.3. The summed E-state index contributed by atoms with van der Waals surface area (Å²) in [4.78, 5) is 0. The van der Waals surface area contributed by atoms with Crippen LogP contribution in [-0.4, -0.2) is 44.7 Å². The van der Waals surface area contributed by atoms with Gasteiger partial charge in [0.15, 0.2) is 0 Å². The first-order valence-corrected chi connectivity index (χ1v) is 8.48. The molecule has 0 aromatic heterocycles. The topological polar surface area (TPSA) is 49.4 Å². The molecule has 2 heterocycles. The van der Waals surface area contributed by atoms with Gasteiger partial charge in [0.05, 0.1) is 5.75 Å². The lowest BCUT2D eigenvalue weighted by Gasteiger charge is -2.17. The van der Waals surface area contributed by atoms with Crippen molar-refractivity contribution in [2.75, 3.05) is 31.9 Å². The van der Waals surface area contributed by atoms with E-state index in [9.17, 15) is 8.42 Å². The molecule has 1 aromatic carbocycles. The Labute approximate surface area is 114 Å². The van der Waals surface area contributed by atoms with E-state index in [1.54, 1.807) is 4.31 Å². The molecule has 2 aliphatic heterocycles. The van der Waals surface area contributed by atoms with Crippen LogP contribution in [0.5, 0.6) is 0 Å². The summed E-state index contributed by atoms with van der Waals surface area (Å²) in [5, 5.41) is 3.33. The van der Waals surface area contributed by atoms with E-state index in [0.29, 0.717) is 31.3 Å². The molecule has 2 unspecified atom stereocenters. The van der Waals surface area contributed by atoms with Crippen molar-refractivity contribution in [3.8, 4) is 0 Å². The van der Waals surface area contributed by atoms with Crippen LogP contribution in [0.25, 0.3) is 0 Å². The molecule has 2 aliphatic rings. The third-order valence-corrected chi connectivity index (χ3v) is 6.05. The summed E-state index contributed by atoms with van der Waals surface area (Å²) < 4.78 is 26.4. The van der Waals surface area contributed by atoms with Crippen molar-refractivity contribution in [2.24, 2.45) is 11.8 Å². The Morgan fingerprint density at radius 2 is 1.74 bits per heavy atom. The van der Waals surface area contributed by atoms with Crippen molar-refractivity contribution < 1.29 is 8.42 Å². The van der Waals surface area contributed by atoms with Crippen LogP contribution in [0, 0.1) is 11.8 Å². The summed E-state index contributed by atoms with van der Waals surface area (Å²) in [5.41, 5.74) is 1.09. The van der Waals surface area contributed by atoms with Gasteiger partial charge < -0.3 is 5.32 Å². The highest BCUT2D eigenvalue weighted by molar-refractivity contribution is 7.89. The molecule has 1 N–H and O–H groups in total. The lowest BCUT2D eigenvalue weighted by Crippen LogP contribution is -2.34. The second-order valence-corrected chi connectivity index (χ2v) is 7.64. The van der Waals surface area contributed by atoms with Crippen LogP contribution in [0.2, 0.25) is 0 Å². The normalized spacial score (nSPS) is 27.6. The predicted molar refractivity (Wildman–Crippen MR) is 75.4 cm³/mol. The molecule has 1 aromatic rings. The summed E-state index contributed by atoms with van der Waals surface area (Å²) in [5.74, 6) is 1.27. The Balaban J connectivity index is 1.61. The Hall–Kier alpha value is -0.910. The fourth-order valence-electron chi connectivity index (χ4n) is 3.06. The predicted octanol–water partition coefficient (Wildman–Crippen LogP) is 0.710. The third kappa shape index (κ3) is 2.83. The van der Waals surface area contributed by atoms with Gasteiger partial charge in [0.25, 0.3) is 0 Å². The maximum atomic E-state index is 12.3. The molecule has 0 bridgehead atoms. The molecule has 0 saturated carbocycles. The molecule has 4 nitrogen and oxygen atoms in total. The smallest absolute Gasteiger partial charge is 0.214 e. The molecule has 0 spiro atoms. The van der Waals surface area contributed by atoms with Crippen LogP contribution in [-0.2, 0) is 16.4 Å². The van der Waals surface area contributed by atoms with Crippen molar-refractivity contribution in [1.29, 1.82) is 0 Å². The summed E-state index contributed by atoms with van der Waals surface area (Å²) in [6.07, 6.45) is 0.604. The first-order chi connectivity index (χ1) is 9.15. The minimum Gasteiger partial charge on any atom is -0.316 e. The Morgan fingerprint density at radius 3 is 2.37 bits per heavy atom. The molecule has 3 rings (SSSR count). The van der Waals surface area contributed by atoms with Gasteiger partial charge in [0.1, 0.15) is 0 Å². The zero-order valence-corrected chi connectivity index (χ0v) is 11.8. The summed E-state index contributed by atoms with van der Waals surface area (Å²) >= 11 is 0. The van der Waals surface area contributed by atoms with Gasteiger partial charge in [-0.1, -0.05) is 30.3 Å². The third-order valence-electron chi connectivity index (χ3n) is 4.24. The molecule has 5 heteroatoms. The lowest BCUT2D eigenvalue weighted by atomic mass is 10.0. The van der Waals surface area contributed by atoms with Crippen molar-refractivity contribution in [3.05, 3.63) is 35.9 Å². The van der Waals surface area contributed by atoms with Crippen LogP contribution in [0.3, 0.4) is 0 Å². The first kappa shape index (κ1) is 13.1. The van der Waals surface area contributed by atoms with E-state index in [-0.39, 0.29) is 5.75 Å². The molecule has 2 saturated heterocycles. The van der Waals surface area contributed by atoms with E-state index in [1.165, 1.54) is 0 Å². The molecule has 0 radical (unpaired) electrons. The zero-order valence-electron chi connectivity index (χ0n) is 11.0. The largest absolute Gasteiger partial charge is 0.316 e. The van der Waals surface area contributed by atoms with Crippen molar-refractivity contribution in [1.82, 2.24) is 9.62 Å². The second-order valence-electron chi connectivity index (χ2n) is 5.55. The number of nitrogens with zero attached hydrogens (tertiary/aromatic N) is 1. The summed E-state index contributed by atoms with van der Waals surface area (Å²) in [6.45, 7) is 3.34. The van der Waals surface area contributed by atoms with E-state index in [4.69, 9.17) is 0 Å². The SMILES string of the molecule is O=S(=O)(CCc1ccccc1)N1CC2CNCC2C1. The lowest BCUT2D eigenvalue weighted by molar-refractivity contribution is 0.448. The minimum atomic E-state index is -3.09. The van der Waals surface area contributed by atoms with Crippen LogP contribution in [0.4, 0.5) is 0 Å². The van der Waals surface area contributed by atoms with Gasteiger partial charge in [-0.2, -0.15) is 0 Å². The number of sulfonamides is 1. The first-order valence-electron chi connectivity index (χ1n) is 6.87. The van der Waals surface area contributed by atoms with Crippen LogP contribution >= 0.6 is 0 Å². The molecule has 19 heavy (non-hydrogen) atoms. The second kappa shape index (κ2) is 5.23. The fraction of sp³-hybridized carbons (Fsp3) is 0.571. The van der Waals surface area contributed by atoms with Gasteiger partial charge in [0, 0.05) is 13.1 Å². The van der Waals surface area contributed by atoms with Crippen LogP contribution in [0.1, 0.15) is 5.56 Å². The molecule has 2 atom stereocenters.